The Morgan fingerprint density at radius 3 is 2.93 bits per heavy atom. The van der Waals surface area contributed by atoms with Crippen LogP contribution in [0.25, 0.3) is 10.9 Å². The van der Waals surface area contributed by atoms with E-state index in [9.17, 15) is 4.79 Å². The minimum absolute atomic E-state index is 0.0698. The second kappa shape index (κ2) is 3.54. The predicted molar refractivity (Wildman–Crippen MR) is 58.7 cm³/mol. The van der Waals surface area contributed by atoms with Gasteiger partial charge in [0.1, 0.15) is 0 Å². The van der Waals surface area contributed by atoms with Crippen molar-refractivity contribution in [3.8, 4) is 0 Å². The first-order chi connectivity index (χ1) is 6.81. The predicted octanol–water partition coefficient (Wildman–Crippen LogP) is 1.96. The van der Waals surface area contributed by atoms with Crippen molar-refractivity contribution >= 4 is 16.6 Å². The molecule has 72 valence electrons. The Labute approximate surface area is 81.8 Å². The number of hydrogen-bond acceptors (Lipinski definition) is 2. The Morgan fingerprint density at radius 2 is 2.14 bits per heavy atom. The Morgan fingerprint density at radius 1 is 1.36 bits per heavy atom. The highest BCUT2D eigenvalue weighted by Crippen LogP contribution is 2.18. The highest BCUT2D eigenvalue weighted by molar-refractivity contribution is 5.90. The number of aromatic nitrogens is 1. The van der Waals surface area contributed by atoms with Gasteiger partial charge in [0.15, 0.2) is 0 Å². The molecular weight excluding hydrogens is 176 g/mol. The third kappa shape index (κ3) is 1.48. The van der Waals surface area contributed by atoms with Crippen molar-refractivity contribution in [2.24, 2.45) is 0 Å². The van der Waals surface area contributed by atoms with Gasteiger partial charge in [-0.1, -0.05) is 18.2 Å². The van der Waals surface area contributed by atoms with E-state index in [1.807, 2.05) is 31.2 Å². The number of benzene rings is 1. The number of fused-ring (bicyclic) bond motifs is 1. The molecule has 1 aromatic heterocycles. The van der Waals surface area contributed by atoms with Gasteiger partial charge in [0.2, 0.25) is 5.56 Å². The molecule has 0 fully saturated rings. The van der Waals surface area contributed by atoms with Crippen LogP contribution in [0, 0.1) is 0 Å². The number of aromatic amines is 1. The molecule has 2 aromatic rings. The van der Waals surface area contributed by atoms with E-state index in [0.29, 0.717) is 0 Å². The van der Waals surface area contributed by atoms with E-state index < -0.39 is 0 Å². The smallest absolute Gasteiger partial charge is 0.250 e. The van der Waals surface area contributed by atoms with Crippen LogP contribution >= 0.6 is 0 Å². The first-order valence-corrected chi connectivity index (χ1v) is 4.67. The van der Waals surface area contributed by atoms with Crippen LogP contribution in [0.2, 0.25) is 0 Å². The molecule has 2 N–H and O–H groups in total. The van der Waals surface area contributed by atoms with Crippen LogP contribution in [0.3, 0.4) is 0 Å². The molecule has 0 atom stereocenters. The third-order valence-electron chi connectivity index (χ3n) is 2.12. The zero-order valence-electron chi connectivity index (χ0n) is 8.00. The standard InChI is InChI=1S/C11H12N2O/c1-2-12-10-7-11(14)13-9-6-4-3-5-8(9)10/h3-7H,2H2,1H3,(H2,12,13,14). The van der Waals surface area contributed by atoms with Crippen molar-refractivity contribution < 1.29 is 0 Å². The summed E-state index contributed by atoms with van der Waals surface area (Å²) in [7, 11) is 0. The quantitative estimate of drug-likeness (QED) is 0.756. The fourth-order valence-corrected chi connectivity index (χ4v) is 1.54. The van der Waals surface area contributed by atoms with Gasteiger partial charge >= 0.3 is 0 Å². The first kappa shape index (κ1) is 8.81. The lowest BCUT2D eigenvalue weighted by molar-refractivity contribution is 1.20. The summed E-state index contributed by atoms with van der Waals surface area (Å²) in [6.45, 7) is 2.82. The van der Waals surface area contributed by atoms with Gasteiger partial charge in [-0.2, -0.15) is 0 Å². The molecule has 0 aliphatic heterocycles. The minimum atomic E-state index is -0.0698. The topological polar surface area (TPSA) is 44.9 Å². The van der Waals surface area contributed by atoms with Crippen molar-refractivity contribution in [1.82, 2.24) is 4.98 Å². The van der Waals surface area contributed by atoms with Crippen molar-refractivity contribution in [2.75, 3.05) is 11.9 Å². The summed E-state index contributed by atoms with van der Waals surface area (Å²) in [4.78, 5) is 14.1. The lowest BCUT2D eigenvalue weighted by Crippen LogP contribution is -2.08. The van der Waals surface area contributed by atoms with E-state index in [2.05, 4.69) is 10.3 Å². The summed E-state index contributed by atoms with van der Waals surface area (Å²) in [5.41, 5.74) is 1.70. The Kier molecular flexibility index (Phi) is 2.23. The molecule has 0 spiro atoms. The molecule has 3 nitrogen and oxygen atoms in total. The van der Waals surface area contributed by atoms with Crippen LogP contribution in [-0.2, 0) is 0 Å². The van der Waals surface area contributed by atoms with Gasteiger partial charge in [0.05, 0.1) is 5.52 Å². The van der Waals surface area contributed by atoms with E-state index in [0.717, 1.165) is 23.1 Å². The molecule has 14 heavy (non-hydrogen) atoms. The lowest BCUT2D eigenvalue weighted by Gasteiger charge is -2.06. The number of para-hydroxylation sites is 1. The maximum atomic E-state index is 11.3. The fourth-order valence-electron chi connectivity index (χ4n) is 1.54. The zero-order chi connectivity index (χ0) is 9.97. The summed E-state index contributed by atoms with van der Waals surface area (Å²) in [5, 5.41) is 4.22. The molecule has 0 saturated carbocycles. The number of nitrogens with one attached hydrogen (secondary N) is 2. The van der Waals surface area contributed by atoms with Crippen LogP contribution in [0.4, 0.5) is 5.69 Å². The molecule has 1 aromatic carbocycles. The monoisotopic (exact) mass is 188 g/mol. The second-order valence-electron chi connectivity index (χ2n) is 3.12. The Hall–Kier alpha value is -1.77. The van der Waals surface area contributed by atoms with Crippen molar-refractivity contribution in [2.45, 2.75) is 6.92 Å². The van der Waals surface area contributed by atoms with Gasteiger partial charge < -0.3 is 10.3 Å². The molecule has 0 saturated heterocycles. The van der Waals surface area contributed by atoms with E-state index >= 15 is 0 Å². The summed E-state index contributed by atoms with van der Waals surface area (Å²) < 4.78 is 0. The summed E-state index contributed by atoms with van der Waals surface area (Å²) in [6, 6.07) is 9.35. The number of hydrogen-bond donors (Lipinski definition) is 2. The zero-order valence-corrected chi connectivity index (χ0v) is 8.00. The average Bonchev–Trinajstić information content (AvgIpc) is 2.18. The van der Waals surface area contributed by atoms with Crippen LogP contribution in [-0.4, -0.2) is 11.5 Å². The molecule has 0 radical (unpaired) electrons. The van der Waals surface area contributed by atoms with Crippen LogP contribution < -0.4 is 10.9 Å². The van der Waals surface area contributed by atoms with Crippen molar-refractivity contribution in [3.05, 3.63) is 40.7 Å². The van der Waals surface area contributed by atoms with Crippen LogP contribution in [0.1, 0.15) is 6.92 Å². The largest absolute Gasteiger partial charge is 0.385 e. The molecular formula is C11H12N2O. The van der Waals surface area contributed by atoms with Gasteiger partial charge in [-0.25, -0.2) is 0 Å². The maximum absolute atomic E-state index is 11.3. The second-order valence-corrected chi connectivity index (χ2v) is 3.12. The number of rotatable bonds is 2. The van der Waals surface area contributed by atoms with Gasteiger partial charge in [-0.05, 0) is 13.0 Å². The highest BCUT2D eigenvalue weighted by atomic mass is 16.1. The average molecular weight is 188 g/mol. The molecule has 0 amide bonds. The van der Waals surface area contributed by atoms with Crippen molar-refractivity contribution in [3.63, 3.8) is 0 Å². The summed E-state index contributed by atoms with van der Waals surface area (Å²) >= 11 is 0. The fraction of sp³-hybridized carbons (Fsp3) is 0.182. The number of H-pyrrole nitrogens is 1. The van der Waals surface area contributed by atoms with E-state index in [1.165, 1.54) is 0 Å². The summed E-state index contributed by atoms with van der Waals surface area (Å²) in [6.07, 6.45) is 0. The Bertz CT molecular complexity index is 502. The Balaban J connectivity index is 2.73. The number of anilines is 1. The molecule has 0 unspecified atom stereocenters. The molecule has 0 aliphatic rings. The SMILES string of the molecule is CCNc1cc(=O)[nH]c2ccccc12. The van der Waals surface area contributed by atoms with E-state index in [-0.39, 0.29) is 5.56 Å². The van der Waals surface area contributed by atoms with E-state index in [1.54, 1.807) is 6.07 Å². The van der Waals surface area contributed by atoms with Crippen molar-refractivity contribution in [1.29, 1.82) is 0 Å². The summed E-state index contributed by atoms with van der Waals surface area (Å²) in [5.74, 6) is 0. The van der Waals surface area contributed by atoms with Crippen LogP contribution in [0.5, 0.6) is 0 Å². The molecule has 0 aliphatic carbocycles. The van der Waals surface area contributed by atoms with Gasteiger partial charge in [0.25, 0.3) is 0 Å². The minimum Gasteiger partial charge on any atom is -0.385 e. The van der Waals surface area contributed by atoms with Gasteiger partial charge in [0, 0.05) is 23.7 Å². The molecule has 1 heterocycles. The lowest BCUT2D eigenvalue weighted by atomic mass is 10.2. The maximum Gasteiger partial charge on any atom is 0.250 e. The molecule has 3 heteroatoms. The first-order valence-electron chi connectivity index (χ1n) is 4.67. The van der Waals surface area contributed by atoms with Crippen LogP contribution in [0.15, 0.2) is 35.1 Å². The molecule has 0 bridgehead atoms. The third-order valence-corrected chi connectivity index (χ3v) is 2.12. The number of pyridine rings is 1. The molecule has 2 rings (SSSR count). The normalized spacial score (nSPS) is 10.4. The van der Waals surface area contributed by atoms with Gasteiger partial charge in [-0.3, -0.25) is 4.79 Å². The highest BCUT2D eigenvalue weighted by Gasteiger charge is 2.00. The van der Waals surface area contributed by atoms with E-state index in [4.69, 9.17) is 0 Å². The van der Waals surface area contributed by atoms with Gasteiger partial charge in [-0.15, -0.1) is 0 Å².